The average Bonchev–Trinajstić information content (AvgIpc) is 2.98. The molecule has 0 fully saturated rings. The molecule has 0 saturated carbocycles. The minimum absolute atomic E-state index is 0.128. The van der Waals surface area contributed by atoms with E-state index < -0.39 is 30.2 Å². The second-order valence-corrected chi connectivity index (χ2v) is 9.09. The molecule has 0 spiro atoms. The van der Waals surface area contributed by atoms with Gasteiger partial charge in [0.1, 0.15) is 33.0 Å². The van der Waals surface area contributed by atoms with Gasteiger partial charge in [-0.3, -0.25) is 43.2 Å². The molecule has 306 valence electrons. The maximum atomic E-state index is 10.2. The molecule has 0 bridgehead atoms. The van der Waals surface area contributed by atoms with Crippen molar-refractivity contribution < 1.29 is 90.5 Å². The summed E-state index contributed by atoms with van der Waals surface area (Å²) in [6.45, 7) is 15.0. The first-order chi connectivity index (χ1) is 24.1. The number of nitrogens with two attached hydrogens (primary N) is 1. The van der Waals surface area contributed by atoms with Gasteiger partial charge >= 0.3 is 47.8 Å². The number of rotatable bonds is 16. The molecule has 0 aliphatic heterocycles. The van der Waals surface area contributed by atoms with Crippen molar-refractivity contribution in [3.05, 3.63) is 0 Å². The number of nitrogens with zero attached hydrogens (tertiary/aromatic N) is 1. The van der Waals surface area contributed by atoms with Gasteiger partial charge in [-0.2, -0.15) is 0 Å². The van der Waals surface area contributed by atoms with Crippen LogP contribution >= 0.6 is 0 Å². The van der Waals surface area contributed by atoms with E-state index in [2.05, 4.69) is 47.4 Å². The summed E-state index contributed by atoms with van der Waals surface area (Å²) in [5, 5.41) is 0. The Labute approximate surface area is 304 Å². The predicted molar refractivity (Wildman–Crippen MR) is 179 cm³/mol. The van der Waals surface area contributed by atoms with Crippen LogP contribution in [0.4, 0.5) is 0 Å². The van der Waals surface area contributed by atoms with Crippen molar-refractivity contribution in [1.82, 2.24) is 4.90 Å². The van der Waals surface area contributed by atoms with Gasteiger partial charge in [-0.05, 0) is 14.1 Å². The van der Waals surface area contributed by atoms with Crippen LogP contribution in [0, 0.1) is 0 Å². The molecule has 0 atom stereocenters. The molecule has 0 aromatic heterocycles. The fraction of sp³-hybridized carbons (Fsp3) is 0.710. The topological polar surface area (TPSA) is 275 Å². The van der Waals surface area contributed by atoms with Crippen molar-refractivity contribution >= 4 is 54.2 Å². The van der Waals surface area contributed by atoms with E-state index >= 15 is 0 Å². The van der Waals surface area contributed by atoms with Gasteiger partial charge in [0, 0.05) is 82.5 Å². The first kappa shape index (κ1) is 59.3. The predicted octanol–water partition coefficient (Wildman–Crippen LogP) is 0.0664. The van der Waals surface area contributed by atoms with Crippen LogP contribution in [0.2, 0.25) is 0 Å². The van der Waals surface area contributed by atoms with Gasteiger partial charge in [0.25, 0.3) is 6.47 Å². The Morgan fingerprint density at radius 3 is 1.15 bits per heavy atom. The number of likely N-dealkylation sites (N-methyl/N-ethyl adjacent to an activating group) is 1. The number of carbonyl (C=O) groups is 9. The van der Waals surface area contributed by atoms with E-state index in [9.17, 15) is 43.2 Å². The monoisotopic (exact) mass is 762 g/mol. The summed E-state index contributed by atoms with van der Waals surface area (Å²) in [6, 6.07) is 0. The maximum Gasteiger partial charge on any atom is 0.305 e. The zero-order valence-corrected chi connectivity index (χ0v) is 32.3. The first-order valence-electron chi connectivity index (χ1n) is 15.1. The van der Waals surface area contributed by atoms with Crippen LogP contribution in [0.15, 0.2) is 0 Å². The van der Waals surface area contributed by atoms with Gasteiger partial charge in [0.15, 0.2) is 0 Å². The molecular weight excluding hydrogens is 704 g/mol. The van der Waals surface area contributed by atoms with E-state index in [0.29, 0.717) is 39.4 Å². The number of ether oxygens (including phenoxy) is 10. The highest BCUT2D eigenvalue weighted by molar-refractivity contribution is 5.68. The van der Waals surface area contributed by atoms with Crippen LogP contribution < -0.4 is 5.73 Å². The minimum atomic E-state index is -0.782. The largest absolute Gasteiger partial charge is 0.465 e. The molecule has 0 aromatic rings. The molecule has 0 saturated heterocycles. The summed E-state index contributed by atoms with van der Waals surface area (Å²) < 4.78 is 44.4. The lowest BCUT2D eigenvalue weighted by atomic mass is 10.6. The minimum Gasteiger partial charge on any atom is -0.465 e. The average molecular weight is 763 g/mol. The fourth-order valence-corrected chi connectivity index (χ4v) is 1.81. The first-order valence-corrected chi connectivity index (χ1v) is 15.1. The second kappa shape index (κ2) is 46.1. The Bertz CT molecular complexity index is 944. The molecule has 0 radical (unpaired) electrons. The zero-order valence-electron chi connectivity index (χ0n) is 32.3. The standard InChI is InChI=1S/C6H13NO2.C6H10O4.2C5H8O4.C5H10O3.C4H9NO2/c1-6(8)9-5-4-7(2)3;1-4(7)9-6(3)10-5(2)8;1-4(6)8-3-9-5(2)7;1-5(7)9-3-2-8-4-6;1-5(6)8-4-3-7-2;1-4(6)7-3-2-5/h4-5H2,1-3H3;6H,1-3H3;3H2,1-2H3;4H,2-3H2,1H3;3-4H2,1-2H3;2-3,5H2,1H3. The lowest BCUT2D eigenvalue weighted by Gasteiger charge is -2.10. The molecule has 0 amide bonds. The number of methoxy groups -OCH3 is 1. The Morgan fingerprint density at radius 1 is 0.538 bits per heavy atom. The van der Waals surface area contributed by atoms with E-state index in [1.54, 1.807) is 7.11 Å². The quantitative estimate of drug-likeness (QED) is 0.0716. The Hall–Kier alpha value is -4.89. The second-order valence-electron chi connectivity index (χ2n) is 9.09. The molecule has 2 N–H and O–H groups in total. The molecule has 0 aromatic carbocycles. The van der Waals surface area contributed by atoms with E-state index in [4.69, 9.17) is 5.73 Å². The summed E-state index contributed by atoms with van der Waals surface area (Å²) in [5.41, 5.74) is 5.00. The highest BCUT2D eigenvalue weighted by Gasteiger charge is 2.06. The van der Waals surface area contributed by atoms with E-state index in [1.807, 2.05) is 19.0 Å². The smallest absolute Gasteiger partial charge is 0.305 e. The molecule has 0 aliphatic carbocycles. The fourth-order valence-electron chi connectivity index (χ4n) is 1.81. The summed E-state index contributed by atoms with van der Waals surface area (Å²) in [5.74, 6) is -2.97. The Balaban J connectivity index is -0.000000122. The van der Waals surface area contributed by atoms with Crippen molar-refractivity contribution in [2.75, 3.05) is 80.7 Å². The summed E-state index contributed by atoms with van der Waals surface area (Å²) in [4.78, 5) is 92.1. The normalized spacial score (nSPS) is 8.75. The van der Waals surface area contributed by atoms with E-state index in [0.717, 1.165) is 6.54 Å². The lowest BCUT2D eigenvalue weighted by molar-refractivity contribution is -0.181. The van der Waals surface area contributed by atoms with Crippen LogP contribution in [0.1, 0.15) is 62.3 Å². The zero-order chi connectivity index (χ0) is 41.9. The number of hydrogen-bond acceptors (Lipinski definition) is 21. The van der Waals surface area contributed by atoms with Gasteiger partial charge < -0.3 is 58.0 Å². The Morgan fingerprint density at radius 2 is 0.885 bits per heavy atom. The van der Waals surface area contributed by atoms with Gasteiger partial charge in [0.2, 0.25) is 13.1 Å². The van der Waals surface area contributed by atoms with Gasteiger partial charge in [-0.15, -0.1) is 0 Å². The number of esters is 8. The summed E-state index contributed by atoms with van der Waals surface area (Å²) in [7, 11) is 5.43. The van der Waals surface area contributed by atoms with E-state index in [1.165, 1.54) is 62.3 Å². The summed E-state index contributed by atoms with van der Waals surface area (Å²) in [6.07, 6.45) is -0.782. The molecule has 52 heavy (non-hydrogen) atoms. The Kier molecular flexibility index (Phi) is 52.6. The third-order valence-corrected chi connectivity index (χ3v) is 3.62. The molecule has 0 rings (SSSR count). The van der Waals surface area contributed by atoms with Crippen LogP contribution in [0.5, 0.6) is 0 Å². The molecule has 0 aliphatic rings. The molecular formula is C31H58N2O19. The molecule has 21 heteroatoms. The van der Waals surface area contributed by atoms with Crippen molar-refractivity contribution in [2.45, 2.75) is 68.6 Å². The van der Waals surface area contributed by atoms with Crippen molar-refractivity contribution in [3.63, 3.8) is 0 Å². The van der Waals surface area contributed by atoms with Crippen molar-refractivity contribution in [3.8, 4) is 0 Å². The summed E-state index contributed by atoms with van der Waals surface area (Å²) >= 11 is 0. The van der Waals surface area contributed by atoms with Crippen molar-refractivity contribution in [2.24, 2.45) is 5.73 Å². The molecule has 0 unspecified atom stereocenters. The SMILES string of the molecule is CC(=O)OC(C)OC(C)=O.CC(=O)OCCN.CC(=O)OCCN(C)C.CC(=O)OCCOC=O.CC(=O)OCOC(C)=O.COCCOC(C)=O. The highest BCUT2D eigenvalue weighted by Crippen LogP contribution is 1.93. The van der Waals surface area contributed by atoms with E-state index in [-0.39, 0.29) is 43.9 Å². The maximum absolute atomic E-state index is 10.2. The molecule has 0 heterocycles. The van der Waals surface area contributed by atoms with Crippen LogP contribution in [-0.2, 0) is 90.5 Å². The van der Waals surface area contributed by atoms with Crippen molar-refractivity contribution in [1.29, 1.82) is 0 Å². The number of carbonyl (C=O) groups excluding carboxylic acids is 9. The third-order valence-electron chi connectivity index (χ3n) is 3.62. The third kappa shape index (κ3) is 96.8. The van der Waals surface area contributed by atoms with Crippen LogP contribution in [0.3, 0.4) is 0 Å². The van der Waals surface area contributed by atoms with Gasteiger partial charge in [-0.25, -0.2) is 0 Å². The van der Waals surface area contributed by atoms with Crippen LogP contribution in [-0.4, -0.2) is 146 Å². The molecule has 21 nitrogen and oxygen atoms in total. The van der Waals surface area contributed by atoms with Gasteiger partial charge in [0.05, 0.1) is 6.61 Å². The number of hydrogen-bond donors (Lipinski definition) is 1. The van der Waals surface area contributed by atoms with Crippen LogP contribution in [0.25, 0.3) is 0 Å². The highest BCUT2D eigenvalue weighted by atomic mass is 16.7. The van der Waals surface area contributed by atoms with Gasteiger partial charge in [-0.1, -0.05) is 0 Å². The lowest BCUT2D eigenvalue weighted by Crippen LogP contribution is -2.19.